The van der Waals surface area contributed by atoms with Crippen LogP contribution < -0.4 is 5.32 Å². The number of rotatable bonds is 4. The third-order valence-corrected chi connectivity index (χ3v) is 3.88. The quantitative estimate of drug-likeness (QED) is 0.547. The first-order valence-electron chi connectivity index (χ1n) is 4.17. The summed E-state index contributed by atoms with van der Waals surface area (Å²) in [7, 11) is -1.05. The monoisotopic (exact) mass is 194 g/mol. The van der Waals surface area contributed by atoms with Crippen molar-refractivity contribution in [1.29, 1.82) is 0 Å². The molecule has 72 valence electrons. The van der Waals surface area contributed by atoms with E-state index in [1.165, 1.54) is 0 Å². The van der Waals surface area contributed by atoms with Crippen LogP contribution in [0.25, 0.3) is 0 Å². The van der Waals surface area contributed by atoms with E-state index in [0.717, 1.165) is 13.0 Å². The molecule has 1 atom stereocenters. The van der Waals surface area contributed by atoms with Gasteiger partial charge in [-0.3, -0.25) is 0 Å². The van der Waals surface area contributed by atoms with Gasteiger partial charge in [-0.15, -0.1) is 0 Å². The zero-order valence-corrected chi connectivity index (χ0v) is 8.14. The van der Waals surface area contributed by atoms with E-state index in [4.69, 9.17) is 4.74 Å². The Morgan fingerprint density at radius 1 is 1.58 bits per heavy atom. The van der Waals surface area contributed by atoms with Crippen LogP contribution in [0.15, 0.2) is 0 Å². The van der Waals surface area contributed by atoms with Crippen molar-refractivity contribution < 1.29 is 18.5 Å². The molecule has 1 aliphatic rings. The fourth-order valence-corrected chi connectivity index (χ4v) is 3.21. The number of hydrogen-bond acceptors (Lipinski definition) is 3. The number of ether oxygens (including phenoxy) is 1. The van der Waals surface area contributed by atoms with Gasteiger partial charge in [-0.1, -0.05) is 0 Å². The van der Waals surface area contributed by atoms with Crippen LogP contribution >= 0.6 is 0 Å². The predicted molar refractivity (Wildman–Crippen MR) is 45.7 cm³/mol. The summed E-state index contributed by atoms with van der Waals surface area (Å²) in [5.41, 5.74) is 0. The van der Waals surface area contributed by atoms with Crippen molar-refractivity contribution in [2.75, 3.05) is 31.8 Å². The molecule has 0 aromatic rings. The van der Waals surface area contributed by atoms with E-state index in [1.54, 1.807) is 7.11 Å². The maximum absolute atomic E-state index is 11.0. The van der Waals surface area contributed by atoms with Gasteiger partial charge in [-0.2, -0.15) is 0 Å². The first-order chi connectivity index (χ1) is 5.64. The van der Waals surface area contributed by atoms with Crippen molar-refractivity contribution in [2.24, 2.45) is 0 Å². The maximum atomic E-state index is 11.0. The van der Waals surface area contributed by atoms with Gasteiger partial charge in [0.15, 0.2) is 9.84 Å². The number of quaternary nitrogens is 1. The zero-order valence-electron chi connectivity index (χ0n) is 7.32. The molecule has 1 saturated heterocycles. The Morgan fingerprint density at radius 3 is 2.83 bits per heavy atom. The minimum Gasteiger partial charge on any atom is -0.379 e. The van der Waals surface area contributed by atoms with Crippen LogP contribution in [0.1, 0.15) is 6.42 Å². The van der Waals surface area contributed by atoms with Gasteiger partial charge in [0.1, 0.15) is 11.8 Å². The Hall–Kier alpha value is -0.130. The average molecular weight is 194 g/mol. The molecular formula is C7H16NO3S+. The van der Waals surface area contributed by atoms with Gasteiger partial charge in [0.05, 0.1) is 18.9 Å². The lowest BCUT2D eigenvalue weighted by Gasteiger charge is -2.05. The number of sulfone groups is 1. The van der Waals surface area contributed by atoms with Crippen LogP contribution in [-0.4, -0.2) is 46.2 Å². The van der Waals surface area contributed by atoms with E-state index in [9.17, 15) is 8.42 Å². The highest BCUT2D eigenvalue weighted by Crippen LogP contribution is 2.07. The van der Waals surface area contributed by atoms with Crippen molar-refractivity contribution in [1.82, 2.24) is 0 Å². The van der Waals surface area contributed by atoms with Crippen LogP contribution in [0.5, 0.6) is 0 Å². The number of hydrogen-bond donors (Lipinski definition) is 1. The summed E-state index contributed by atoms with van der Waals surface area (Å²) in [6.07, 6.45) is 0.798. The van der Waals surface area contributed by atoms with Gasteiger partial charge in [-0.25, -0.2) is 8.42 Å². The van der Waals surface area contributed by atoms with E-state index < -0.39 is 9.84 Å². The first kappa shape index (κ1) is 9.95. The molecule has 12 heavy (non-hydrogen) atoms. The summed E-state index contributed by atoms with van der Waals surface area (Å²) in [6.45, 7) is 1.55. The van der Waals surface area contributed by atoms with Gasteiger partial charge < -0.3 is 10.1 Å². The average Bonchev–Trinajstić information content (AvgIpc) is 2.31. The molecule has 1 fully saturated rings. The highest BCUT2D eigenvalue weighted by molar-refractivity contribution is 7.91. The molecule has 0 saturated carbocycles. The van der Waals surface area contributed by atoms with E-state index in [1.807, 2.05) is 0 Å². The summed E-state index contributed by atoms with van der Waals surface area (Å²) < 4.78 is 26.9. The van der Waals surface area contributed by atoms with Gasteiger partial charge in [0, 0.05) is 13.5 Å². The molecular weight excluding hydrogens is 178 g/mol. The molecule has 0 bridgehead atoms. The predicted octanol–water partition coefficient (Wildman–Crippen LogP) is -1.62. The van der Waals surface area contributed by atoms with Crippen molar-refractivity contribution in [3.63, 3.8) is 0 Å². The first-order valence-corrected chi connectivity index (χ1v) is 5.99. The second-order valence-electron chi connectivity index (χ2n) is 3.18. The molecule has 0 aromatic carbocycles. The Kier molecular flexibility index (Phi) is 3.49. The Morgan fingerprint density at radius 2 is 2.33 bits per heavy atom. The molecule has 0 amide bonds. The highest BCUT2D eigenvalue weighted by Gasteiger charge is 2.29. The molecule has 1 heterocycles. The second kappa shape index (κ2) is 4.20. The summed E-state index contributed by atoms with van der Waals surface area (Å²) >= 11 is 0. The van der Waals surface area contributed by atoms with Crippen molar-refractivity contribution >= 4 is 9.84 Å². The van der Waals surface area contributed by atoms with Crippen LogP contribution in [0.2, 0.25) is 0 Å². The van der Waals surface area contributed by atoms with Gasteiger partial charge >= 0.3 is 0 Å². The van der Waals surface area contributed by atoms with Gasteiger partial charge in [-0.05, 0) is 0 Å². The van der Waals surface area contributed by atoms with E-state index in [0.29, 0.717) is 18.1 Å². The third kappa shape index (κ3) is 3.08. The molecule has 2 N–H and O–H groups in total. The Balaban J connectivity index is 2.20. The Labute approximate surface area is 73.2 Å². The minimum absolute atomic E-state index is 0.269. The normalized spacial score (nSPS) is 27.6. The lowest BCUT2D eigenvalue weighted by molar-refractivity contribution is -0.685. The summed E-state index contributed by atoms with van der Waals surface area (Å²) in [5.74, 6) is 0.706. The Bertz CT molecular complexity index is 225. The largest absolute Gasteiger partial charge is 0.379 e. The summed E-state index contributed by atoms with van der Waals surface area (Å²) in [6, 6.07) is 0.269. The van der Waals surface area contributed by atoms with E-state index >= 15 is 0 Å². The third-order valence-electron chi connectivity index (χ3n) is 2.09. The molecule has 0 spiro atoms. The van der Waals surface area contributed by atoms with Crippen LogP contribution in [0.3, 0.4) is 0 Å². The molecule has 0 unspecified atom stereocenters. The zero-order chi connectivity index (χ0) is 9.03. The van der Waals surface area contributed by atoms with Crippen molar-refractivity contribution in [3.8, 4) is 0 Å². The summed E-state index contributed by atoms with van der Waals surface area (Å²) in [4.78, 5) is 0. The number of nitrogens with two attached hydrogens (primary N) is 1. The topological polar surface area (TPSA) is 60.0 Å². The molecule has 0 aliphatic carbocycles. The lowest BCUT2D eigenvalue weighted by Crippen LogP contribution is -2.91. The molecule has 5 heteroatoms. The number of methoxy groups -OCH3 is 1. The van der Waals surface area contributed by atoms with Crippen molar-refractivity contribution in [3.05, 3.63) is 0 Å². The lowest BCUT2D eigenvalue weighted by atomic mass is 10.3. The second-order valence-corrected chi connectivity index (χ2v) is 5.41. The minimum atomic E-state index is -2.70. The molecule has 0 radical (unpaired) electrons. The molecule has 1 rings (SSSR count). The van der Waals surface area contributed by atoms with Crippen LogP contribution in [-0.2, 0) is 14.6 Å². The van der Waals surface area contributed by atoms with Gasteiger partial charge in [0.2, 0.25) is 0 Å². The SMILES string of the molecule is COCC[NH2+][C@H]1CCS(=O)(=O)C1. The van der Waals surface area contributed by atoms with E-state index in [2.05, 4.69) is 5.32 Å². The fourth-order valence-electron chi connectivity index (χ4n) is 1.43. The smallest absolute Gasteiger partial charge is 0.156 e. The van der Waals surface area contributed by atoms with E-state index in [-0.39, 0.29) is 6.04 Å². The molecule has 4 nitrogen and oxygen atoms in total. The van der Waals surface area contributed by atoms with Crippen molar-refractivity contribution in [2.45, 2.75) is 12.5 Å². The summed E-state index contributed by atoms with van der Waals surface area (Å²) in [5, 5.41) is 2.06. The molecule has 0 aromatic heterocycles. The van der Waals surface area contributed by atoms with Crippen LogP contribution in [0.4, 0.5) is 0 Å². The highest BCUT2D eigenvalue weighted by atomic mass is 32.2. The standard InChI is InChI=1S/C7H15NO3S/c1-11-4-3-8-7-2-5-12(9,10)6-7/h7-8H,2-6H2,1H3/p+1/t7-/m0/s1. The van der Waals surface area contributed by atoms with Gasteiger partial charge in [0.25, 0.3) is 0 Å². The maximum Gasteiger partial charge on any atom is 0.156 e. The van der Waals surface area contributed by atoms with Crippen LogP contribution in [0, 0.1) is 0 Å². The fraction of sp³-hybridized carbons (Fsp3) is 1.00. The molecule has 1 aliphatic heterocycles.